The number of hydrogen-bond acceptors (Lipinski definition) is 6. The van der Waals surface area contributed by atoms with E-state index in [0.717, 1.165) is 19.3 Å². The standard InChI is InChI=1S/C33H55N3O7/c1-9-22(4)30(35(6)28(37)18-21(2)3)27(42-7)20-29(38)36-17-13-16-26(36)31(43-8)23(5)32(39)34-25(33(40)41)19-24-14-11-10-12-15-24/h10-12,14,21-27,30-31H,9,13,15-20H2,1-8H3,(H,34,39)(H,40,41)/t22-,23?,24?,25-,26-,27+,30-,31+/m0/s1. The number of methoxy groups -OCH3 is 2. The fourth-order valence-corrected chi connectivity index (χ4v) is 6.45. The molecule has 2 aliphatic rings. The molecule has 10 nitrogen and oxygen atoms in total. The average molecular weight is 606 g/mol. The van der Waals surface area contributed by atoms with Crippen LogP contribution in [0.3, 0.4) is 0 Å². The molecule has 43 heavy (non-hydrogen) atoms. The smallest absolute Gasteiger partial charge is 0.326 e. The molecule has 0 aromatic rings. The van der Waals surface area contributed by atoms with Crippen molar-refractivity contribution in [2.45, 2.75) is 110 Å². The van der Waals surface area contributed by atoms with Crippen molar-refractivity contribution >= 4 is 23.7 Å². The number of allylic oxidation sites excluding steroid dienone is 4. The van der Waals surface area contributed by atoms with E-state index in [1.165, 1.54) is 7.11 Å². The molecule has 0 saturated carbocycles. The maximum Gasteiger partial charge on any atom is 0.326 e. The third kappa shape index (κ3) is 10.2. The molecule has 2 N–H and O–H groups in total. The van der Waals surface area contributed by atoms with Gasteiger partial charge in [-0.1, -0.05) is 65.3 Å². The van der Waals surface area contributed by atoms with Gasteiger partial charge in [-0.15, -0.1) is 0 Å². The number of ether oxygens (including phenoxy) is 2. The van der Waals surface area contributed by atoms with Crippen LogP contribution in [0, 0.1) is 23.7 Å². The topological polar surface area (TPSA) is 125 Å². The molecule has 1 heterocycles. The molecular formula is C33H55N3O7. The molecule has 1 aliphatic heterocycles. The zero-order valence-corrected chi connectivity index (χ0v) is 27.5. The molecule has 0 radical (unpaired) electrons. The number of likely N-dealkylation sites (N-methyl/N-ethyl adjacent to an activating group) is 1. The Morgan fingerprint density at radius 3 is 2.30 bits per heavy atom. The van der Waals surface area contributed by atoms with Gasteiger partial charge in [0.05, 0.1) is 36.6 Å². The molecule has 1 aliphatic carbocycles. The molecule has 2 unspecified atom stereocenters. The van der Waals surface area contributed by atoms with Crippen LogP contribution in [0.25, 0.3) is 0 Å². The minimum atomic E-state index is -1.08. The van der Waals surface area contributed by atoms with Gasteiger partial charge in [0, 0.05) is 34.2 Å². The first-order valence-electron chi connectivity index (χ1n) is 15.8. The summed E-state index contributed by atoms with van der Waals surface area (Å²) in [7, 11) is 4.90. The molecule has 1 saturated heterocycles. The van der Waals surface area contributed by atoms with E-state index in [4.69, 9.17) is 9.47 Å². The number of likely N-dealkylation sites (tertiary alicyclic amines) is 1. The highest BCUT2D eigenvalue weighted by Gasteiger charge is 2.42. The second kappa shape index (κ2) is 17.5. The summed E-state index contributed by atoms with van der Waals surface area (Å²) in [5.41, 5.74) is 0. The molecular weight excluding hydrogens is 550 g/mol. The van der Waals surface area contributed by atoms with Crippen LogP contribution < -0.4 is 5.32 Å². The summed E-state index contributed by atoms with van der Waals surface area (Å²) >= 11 is 0. The summed E-state index contributed by atoms with van der Waals surface area (Å²) in [5, 5.41) is 12.5. The second-order valence-corrected chi connectivity index (χ2v) is 12.7. The van der Waals surface area contributed by atoms with E-state index in [2.05, 4.69) is 19.2 Å². The number of carboxylic acids is 1. The lowest BCUT2D eigenvalue weighted by atomic mass is 9.90. The van der Waals surface area contributed by atoms with Gasteiger partial charge in [-0.2, -0.15) is 0 Å². The normalized spacial score (nSPS) is 22.5. The van der Waals surface area contributed by atoms with Gasteiger partial charge >= 0.3 is 5.97 Å². The predicted octanol–water partition coefficient (Wildman–Crippen LogP) is 4.04. The molecule has 0 bridgehead atoms. The number of hydrogen-bond donors (Lipinski definition) is 2. The highest BCUT2D eigenvalue weighted by atomic mass is 16.5. The number of nitrogens with one attached hydrogen (secondary N) is 1. The van der Waals surface area contributed by atoms with Gasteiger partial charge in [0.25, 0.3) is 0 Å². The van der Waals surface area contributed by atoms with Crippen molar-refractivity contribution in [3.05, 3.63) is 24.3 Å². The first-order valence-corrected chi connectivity index (χ1v) is 15.8. The number of carbonyl (C=O) groups excluding carboxylic acids is 3. The monoisotopic (exact) mass is 605 g/mol. The minimum Gasteiger partial charge on any atom is -0.480 e. The Morgan fingerprint density at radius 1 is 1.07 bits per heavy atom. The Balaban J connectivity index is 2.16. The van der Waals surface area contributed by atoms with Crippen molar-refractivity contribution in [2.24, 2.45) is 23.7 Å². The maximum absolute atomic E-state index is 13.8. The van der Waals surface area contributed by atoms with E-state index in [9.17, 15) is 24.3 Å². The SMILES string of the molecule is CC[C@H](C)[C@@H]([C@@H](CC(=O)N1CCC[C@H]1[C@H](OC)C(C)C(=O)N[C@@H](CC1C=CC=CC1)C(=O)O)OC)N(C)C(=O)CC(C)C. The highest BCUT2D eigenvalue weighted by molar-refractivity contribution is 5.85. The molecule has 0 spiro atoms. The molecule has 3 amide bonds. The van der Waals surface area contributed by atoms with E-state index in [1.807, 2.05) is 38.2 Å². The Labute approximate surface area is 258 Å². The Morgan fingerprint density at radius 2 is 1.77 bits per heavy atom. The van der Waals surface area contributed by atoms with Crippen LogP contribution in [-0.4, -0.2) is 96.7 Å². The van der Waals surface area contributed by atoms with Crippen LogP contribution in [0.15, 0.2) is 24.3 Å². The molecule has 1 fully saturated rings. The molecule has 2 rings (SSSR count). The maximum atomic E-state index is 13.8. The van der Waals surface area contributed by atoms with E-state index >= 15 is 0 Å². The number of nitrogens with zero attached hydrogens (tertiary/aromatic N) is 2. The number of amides is 3. The number of aliphatic carboxylic acids is 1. The van der Waals surface area contributed by atoms with Gasteiger partial charge in [-0.3, -0.25) is 14.4 Å². The quantitative estimate of drug-likeness (QED) is 0.256. The largest absolute Gasteiger partial charge is 0.480 e. The molecule has 0 aromatic heterocycles. The zero-order valence-electron chi connectivity index (χ0n) is 27.5. The summed E-state index contributed by atoms with van der Waals surface area (Å²) < 4.78 is 11.7. The molecule has 244 valence electrons. The molecule has 10 heteroatoms. The van der Waals surface area contributed by atoms with E-state index in [0.29, 0.717) is 25.8 Å². The third-order valence-electron chi connectivity index (χ3n) is 9.11. The van der Waals surface area contributed by atoms with Gasteiger partial charge in [0.15, 0.2) is 0 Å². The van der Waals surface area contributed by atoms with Crippen molar-refractivity contribution in [3.63, 3.8) is 0 Å². The van der Waals surface area contributed by atoms with Crippen LogP contribution in [0.2, 0.25) is 0 Å². The number of carbonyl (C=O) groups is 4. The average Bonchev–Trinajstić information content (AvgIpc) is 3.46. The summed E-state index contributed by atoms with van der Waals surface area (Å²) in [6.45, 7) is 10.4. The Kier molecular flexibility index (Phi) is 14.9. The Bertz CT molecular complexity index is 997. The van der Waals surface area contributed by atoms with Crippen LogP contribution >= 0.6 is 0 Å². The fraction of sp³-hybridized carbons (Fsp3) is 0.758. The van der Waals surface area contributed by atoms with Gasteiger partial charge in [0.1, 0.15) is 6.04 Å². The third-order valence-corrected chi connectivity index (χ3v) is 9.11. The van der Waals surface area contributed by atoms with E-state index in [1.54, 1.807) is 30.9 Å². The van der Waals surface area contributed by atoms with Crippen molar-refractivity contribution in [1.82, 2.24) is 15.1 Å². The van der Waals surface area contributed by atoms with E-state index < -0.39 is 36.0 Å². The van der Waals surface area contributed by atoms with Crippen LogP contribution in [0.4, 0.5) is 0 Å². The first kappa shape index (κ1) is 36.5. The molecule has 8 atom stereocenters. The zero-order chi connectivity index (χ0) is 32.3. The summed E-state index contributed by atoms with van der Waals surface area (Å²) in [5.74, 6) is -1.87. The van der Waals surface area contributed by atoms with Crippen LogP contribution in [0.1, 0.15) is 79.6 Å². The van der Waals surface area contributed by atoms with Crippen LogP contribution in [0.5, 0.6) is 0 Å². The van der Waals surface area contributed by atoms with Gasteiger partial charge in [-0.05, 0) is 43.4 Å². The summed E-state index contributed by atoms with van der Waals surface area (Å²) in [6.07, 6.45) is 10.5. The lowest BCUT2D eigenvalue weighted by molar-refractivity contribution is -0.147. The fourth-order valence-electron chi connectivity index (χ4n) is 6.45. The van der Waals surface area contributed by atoms with Gasteiger partial charge in [0.2, 0.25) is 17.7 Å². The van der Waals surface area contributed by atoms with Gasteiger partial charge < -0.3 is 29.7 Å². The second-order valence-electron chi connectivity index (χ2n) is 12.7. The number of rotatable bonds is 17. The number of carboxylic acid groups (broad SMARTS) is 1. The molecule has 0 aromatic carbocycles. The van der Waals surface area contributed by atoms with Crippen LogP contribution in [-0.2, 0) is 28.7 Å². The first-order chi connectivity index (χ1) is 20.4. The lowest BCUT2D eigenvalue weighted by Crippen LogP contribution is -2.54. The minimum absolute atomic E-state index is 0.0313. The summed E-state index contributed by atoms with van der Waals surface area (Å²) in [6, 6.07) is -1.63. The Hall–Kier alpha value is -2.72. The van der Waals surface area contributed by atoms with Crippen molar-refractivity contribution in [2.75, 3.05) is 27.8 Å². The van der Waals surface area contributed by atoms with E-state index in [-0.39, 0.29) is 48.1 Å². The summed E-state index contributed by atoms with van der Waals surface area (Å²) in [4.78, 5) is 55.7. The van der Waals surface area contributed by atoms with Crippen molar-refractivity contribution in [1.29, 1.82) is 0 Å². The highest BCUT2D eigenvalue weighted by Crippen LogP contribution is 2.30. The van der Waals surface area contributed by atoms with Gasteiger partial charge in [-0.25, -0.2) is 4.79 Å². The predicted molar refractivity (Wildman–Crippen MR) is 166 cm³/mol. The van der Waals surface area contributed by atoms with Crippen molar-refractivity contribution < 1.29 is 33.8 Å². The van der Waals surface area contributed by atoms with Crippen molar-refractivity contribution in [3.8, 4) is 0 Å². The lowest BCUT2D eigenvalue weighted by Gasteiger charge is -2.39.